The Bertz CT molecular complexity index is 2100. The number of rotatable bonds is 11. The number of likely N-dealkylation sites (tertiary alicyclic amines) is 1. The second-order valence-corrected chi connectivity index (χ2v) is 15.8. The van der Waals surface area contributed by atoms with Gasteiger partial charge in [0.25, 0.3) is 0 Å². The Balaban J connectivity index is 0.000000155. The topological polar surface area (TPSA) is 78.0 Å². The van der Waals surface area contributed by atoms with Crippen LogP contribution in [-0.2, 0) is 0 Å². The van der Waals surface area contributed by atoms with E-state index in [0.717, 1.165) is 94.7 Å². The summed E-state index contributed by atoms with van der Waals surface area (Å²) in [6.45, 7) is 10.4. The smallest absolute Gasteiger partial charge is 0.120 e. The van der Waals surface area contributed by atoms with Crippen LogP contribution in [0.15, 0.2) is 122 Å². The number of halogens is 3. The summed E-state index contributed by atoms with van der Waals surface area (Å²) in [6, 6.07) is 31.2. The van der Waals surface area contributed by atoms with Crippen LogP contribution in [0.4, 0.5) is 0 Å². The number of hydrogen-bond acceptors (Lipinski definition) is 8. The summed E-state index contributed by atoms with van der Waals surface area (Å²) in [4.78, 5) is 10.6. The van der Waals surface area contributed by atoms with Crippen LogP contribution in [0.3, 0.4) is 0 Å². The van der Waals surface area contributed by atoms with Gasteiger partial charge < -0.3 is 24.3 Å². The normalized spacial score (nSPS) is 19.2. The minimum absolute atomic E-state index is 0.0617. The SMILES string of the molecule is BrCCOc1ccc2ccncc2c1.CC1(Oc2ccc(Cl)cc2)CCN(CCOc2ccc3ccncc3c2)C1.CC1(Oc2ccc(Cl)cc2)CCNC1. The van der Waals surface area contributed by atoms with Crippen molar-refractivity contribution in [3.05, 3.63) is 132 Å². The number of aromatic nitrogens is 2. The third-order valence-corrected chi connectivity index (χ3v) is 10.3. The average molecular weight is 847 g/mol. The molecule has 55 heavy (non-hydrogen) atoms. The first kappa shape index (κ1) is 40.5. The van der Waals surface area contributed by atoms with Gasteiger partial charge in [0.2, 0.25) is 0 Å². The molecule has 0 spiro atoms. The van der Waals surface area contributed by atoms with Gasteiger partial charge in [0.05, 0.1) is 6.61 Å². The summed E-state index contributed by atoms with van der Waals surface area (Å²) in [5.74, 6) is 3.53. The monoisotopic (exact) mass is 844 g/mol. The van der Waals surface area contributed by atoms with Crippen molar-refractivity contribution in [1.29, 1.82) is 0 Å². The number of fused-ring (bicyclic) bond motifs is 2. The maximum absolute atomic E-state index is 6.21. The predicted octanol–water partition coefficient (Wildman–Crippen LogP) is 10.3. The third kappa shape index (κ3) is 12.4. The first-order chi connectivity index (χ1) is 26.7. The molecule has 0 saturated carbocycles. The molecular formula is C44H47BrCl2N4O4. The number of ether oxygens (including phenoxy) is 4. The Morgan fingerprint density at radius 2 is 1.18 bits per heavy atom. The van der Waals surface area contributed by atoms with Crippen LogP contribution in [0.25, 0.3) is 21.5 Å². The Kier molecular flexibility index (Phi) is 14.5. The molecule has 11 heteroatoms. The highest BCUT2D eigenvalue weighted by atomic mass is 79.9. The lowest BCUT2D eigenvalue weighted by Gasteiger charge is -2.26. The molecular weight excluding hydrogens is 799 g/mol. The van der Waals surface area contributed by atoms with Crippen molar-refractivity contribution < 1.29 is 18.9 Å². The van der Waals surface area contributed by atoms with Gasteiger partial charge in [0, 0.05) is 90.0 Å². The Labute approximate surface area is 342 Å². The lowest BCUT2D eigenvalue weighted by molar-refractivity contribution is 0.0935. The summed E-state index contributed by atoms with van der Waals surface area (Å²) in [6.07, 6.45) is 9.35. The largest absolute Gasteiger partial charge is 0.493 e. The van der Waals surface area contributed by atoms with Crippen molar-refractivity contribution in [2.24, 2.45) is 0 Å². The molecule has 8 rings (SSSR count). The molecule has 0 bridgehead atoms. The van der Waals surface area contributed by atoms with Crippen molar-refractivity contribution in [1.82, 2.24) is 20.2 Å². The van der Waals surface area contributed by atoms with Gasteiger partial charge in [-0.25, -0.2) is 0 Å². The zero-order valence-corrected chi connectivity index (χ0v) is 34.3. The summed E-state index contributed by atoms with van der Waals surface area (Å²) in [7, 11) is 0. The molecule has 2 aliphatic heterocycles. The lowest BCUT2D eigenvalue weighted by atomic mass is 10.1. The molecule has 288 valence electrons. The Hall–Kier alpha value is -4.12. The zero-order chi connectivity index (χ0) is 38.5. The second-order valence-electron chi connectivity index (χ2n) is 14.1. The van der Waals surface area contributed by atoms with E-state index in [0.29, 0.717) is 13.2 Å². The standard InChI is InChI=1S/C22H23ClN2O2.C11H10BrNO.C11H14ClNO/c1-22(27-20-6-3-19(23)4-7-20)9-11-25(16-22)12-13-26-21-5-2-17-8-10-24-15-18(17)14-21;12-4-6-14-11-2-1-9-3-5-13-8-10(9)7-11;1-11(6-7-13-8-11)14-10-4-2-9(12)3-5-10/h2-8,10,14-15H,9,11-13,16H2,1H3;1-3,5,7-8H,4,6H2;2-5,13H,6-8H2,1H3. The summed E-state index contributed by atoms with van der Waals surface area (Å²) in [5.41, 5.74) is -0.240. The second kappa shape index (κ2) is 19.6. The molecule has 2 aromatic heterocycles. The summed E-state index contributed by atoms with van der Waals surface area (Å²) < 4.78 is 23.5. The van der Waals surface area contributed by atoms with Crippen LogP contribution in [0.2, 0.25) is 10.0 Å². The molecule has 2 aliphatic rings. The highest BCUT2D eigenvalue weighted by Crippen LogP contribution is 2.29. The van der Waals surface area contributed by atoms with Crippen molar-refractivity contribution in [2.45, 2.75) is 37.9 Å². The number of nitrogens with one attached hydrogen (secondary N) is 1. The van der Waals surface area contributed by atoms with Crippen LogP contribution >= 0.6 is 39.1 Å². The number of benzene rings is 4. The number of alkyl halides is 1. The first-order valence-corrected chi connectivity index (χ1v) is 20.4. The minimum atomic E-state index is -0.178. The van der Waals surface area contributed by atoms with Crippen molar-refractivity contribution in [3.63, 3.8) is 0 Å². The molecule has 1 N–H and O–H groups in total. The molecule has 4 aromatic carbocycles. The van der Waals surface area contributed by atoms with Gasteiger partial charge in [0.15, 0.2) is 0 Å². The highest BCUT2D eigenvalue weighted by Gasteiger charge is 2.35. The van der Waals surface area contributed by atoms with E-state index in [9.17, 15) is 0 Å². The van der Waals surface area contributed by atoms with Gasteiger partial charge in [-0.2, -0.15) is 0 Å². The fourth-order valence-electron chi connectivity index (χ4n) is 6.51. The van der Waals surface area contributed by atoms with Crippen molar-refractivity contribution in [3.8, 4) is 23.0 Å². The third-order valence-electron chi connectivity index (χ3n) is 9.45. The minimum Gasteiger partial charge on any atom is -0.493 e. The highest BCUT2D eigenvalue weighted by molar-refractivity contribution is 9.09. The molecule has 4 heterocycles. The number of pyridine rings is 2. The van der Waals surface area contributed by atoms with E-state index >= 15 is 0 Å². The van der Waals surface area contributed by atoms with E-state index in [1.807, 2.05) is 103 Å². The van der Waals surface area contributed by atoms with Gasteiger partial charge in [-0.3, -0.25) is 14.9 Å². The summed E-state index contributed by atoms with van der Waals surface area (Å²) >= 11 is 15.1. The van der Waals surface area contributed by atoms with E-state index in [-0.39, 0.29) is 11.2 Å². The molecule has 2 saturated heterocycles. The molecule has 0 aliphatic carbocycles. The Morgan fingerprint density at radius 3 is 1.71 bits per heavy atom. The van der Waals surface area contributed by atoms with E-state index < -0.39 is 0 Å². The van der Waals surface area contributed by atoms with Gasteiger partial charge in [-0.05, 0) is 116 Å². The number of nitrogens with zero attached hydrogens (tertiary/aromatic N) is 3. The first-order valence-electron chi connectivity index (χ1n) is 18.5. The van der Waals surface area contributed by atoms with Crippen LogP contribution < -0.4 is 24.3 Å². The van der Waals surface area contributed by atoms with Gasteiger partial charge in [-0.1, -0.05) is 51.3 Å². The number of hydrogen-bond donors (Lipinski definition) is 1. The zero-order valence-electron chi connectivity index (χ0n) is 31.2. The molecule has 0 amide bonds. The maximum atomic E-state index is 6.21. The Morgan fingerprint density at radius 1 is 0.655 bits per heavy atom. The molecule has 2 fully saturated rings. The fourth-order valence-corrected chi connectivity index (χ4v) is 6.92. The molecule has 8 nitrogen and oxygen atoms in total. The maximum Gasteiger partial charge on any atom is 0.120 e. The molecule has 2 unspecified atom stereocenters. The lowest BCUT2D eigenvalue weighted by Crippen LogP contribution is -2.37. The van der Waals surface area contributed by atoms with Crippen LogP contribution in [0.5, 0.6) is 23.0 Å². The summed E-state index contributed by atoms with van der Waals surface area (Å²) in [5, 5.41) is 10.2. The van der Waals surface area contributed by atoms with E-state index in [1.54, 1.807) is 12.4 Å². The molecule has 0 radical (unpaired) electrons. The van der Waals surface area contributed by atoms with E-state index in [4.69, 9.17) is 42.1 Å². The van der Waals surface area contributed by atoms with Crippen molar-refractivity contribution >= 4 is 60.7 Å². The van der Waals surface area contributed by atoms with Crippen LogP contribution in [0.1, 0.15) is 26.7 Å². The van der Waals surface area contributed by atoms with Crippen molar-refractivity contribution in [2.75, 3.05) is 51.3 Å². The van der Waals surface area contributed by atoms with Gasteiger partial charge >= 0.3 is 0 Å². The predicted molar refractivity (Wildman–Crippen MR) is 228 cm³/mol. The van der Waals surface area contributed by atoms with Gasteiger partial charge in [0.1, 0.15) is 40.8 Å². The van der Waals surface area contributed by atoms with Crippen LogP contribution in [-0.4, -0.2) is 77.3 Å². The molecule has 2 atom stereocenters. The average Bonchev–Trinajstić information content (AvgIpc) is 3.80. The van der Waals surface area contributed by atoms with E-state index in [2.05, 4.69) is 56.0 Å². The quantitative estimate of drug-likeness (QED) is 0.129. The fraction of sp³-hybridized carbons (Fsp3) is 0.318. The van der Waals surface area contributed by atoms with Crippen LogP contribution in [0, 0.1) is 0 Å². The molecule has 6 aromatic rings. The van der Waals surface area contributed by atoms with E-state index in [1.165, 1.54) is 10.8 Å². The van der Waals surface area contributed by atoms with Gasteiger partial charge in [-0.15, -0.1) is 0 Å².